The molecule has 0 spiro atoms. The van der Waals surface area contributed by atoms with E-state index in [1.165, 1.54) is 30.4 Å². The van der Waals surface area contributed by atoms with Gasteiger partial charge in [-0.1, -0.05) is 18.2 Å². The van der Waals surface area contributed by atoms with Gasteiger partial charge in [-0.2, -0.15) is 0 Å². The molecule has 0 aliphatic carbocycles. The van der Waals surface area contributed by atoms with Crippen LogP contribution in [0.25, 0.3) is 10.4 Å². The fourth-order valence-corrected chi connectivity index (χ4v) is 4.42. The summed E-state index contributed by atoms with van der Waals surface area (Å²) in [6, 6.07) is 6.76. The first-order chi connectivity index (χ1) is 11.2. The van der Waals surface area contributed by atoms with Crippen molar-refractivity contribution in [3.8, 4) is 10.4 Å². The third-order valence-electron chi connectivity index (χ3n) is 4.64. The van der Waals surface area contributed by atoms with Crippen LogP contribution in [0.4, 0.5) is 4.39 Å². The molecular formula is C17H18FN3OS. The Kier molecular flexibility index (Phi) is 3.87. The number of halogens is 1. The van der Waals surface area contributed by atoms with Crippen LogP contribution < -0.4 is 5.32 Å². The van der Waals surface area contributed by atoms with Crippen LogP contribution in [0.1, 0.15) is 22.6 Å². The number of piperidine rings is 1. The lowest BCUT2D eigenvalue weighted by Gasteiger charge is -2.30. The van der Waals surface area contributed by atoms with E-state index in [1.807, 2.05) is 0 Å². The molecule has 2 aliphatic heterocycles. The van der Waals surface area contributed by atoms with Gasteiger partial charge < -0.3 is 10.2 Å². The Bertz CT molecular complexity index is 720. The Hall–Kier alpha value is -1.79. The molecule has 4 nitrogen and oxygen atoms in total. The fourth-order valence-electron chi connectivity index (χ4n) is 3.58. The Balaban J connectivity index is 1.46. The van der Waals surface area contributed by atoms with E-state index >= 15 is 0 Å². The van der Waals surface area contributed by atoms with Crippen LogP contribution in [0.15, 0.2) is 30.5 Å². The number of fused-ring (bicyclic) bond motifs is 2. The fraction of sp³-hybridized carbons (Fsp3) is 0.412. The molecule has 6 heteroatoms. The van der Waals surface area contributed by atoms with Crippen molar-refractivity contribution >= 4 is 17.2 Å². The number of hydrogen-bond acceptors (Lipinski definition) is 4. The third-order valence-corrected chi connectivity index (χ3v) is 5.67. The molecule has 2 fully saturated rings. The minimum absolute atomic E-state index is 0.148. The van der Waals surface area contributed by atoms with Crippen molar-refractivity contribution in [1.82, 2.24) is 15.2 Å². The minimum atomic E-state index is -0.292. The number of nitrogens with one attached hydrogen (secondary N) is 1. The van der Waals surface area contributed by atoms with Gasteiger partial charge in [0.25, 0.3) is 5.91 Å². The molecule has 120 valence electrons. The second-order valence-electron chi connectivity index (χ2n) is 6.33. The molecule has 4 rings (SSSR count). The zero-order valence-corrected chi connectivity index (χ0v) is 13.5. The SMILES string of the molecule is O=C(NC1CC2CCN(C2)C1)c1ncc(-c2ccccc2F)s1. The molecule has 3 atom stereocenters. The smallest absolute Gasteiger partial charge is 0.280 e. The first-order valence-corrected chi connectivity index (χ1v) is 8.74. The number of benzene rings is 1. The number of hydrogen-bond donors (Lipinski definition) is 1. The normalized spacial score (nSPS) is 26.2. The zero-order valence-electron chi connectivity index (χ0n) is 12.7. The molecule has 2 aromatic rings. The lowest BCUT2D eigenvalue weighted by molar-refractivity contribution is 0.0909. The van der Waals surface area contributed by atoms with Gasteiger partial charge in [-0.25, -0.2) is 9.37 Å². The highest BCUT2D eigenvalue weighted by Gasteiger charge is 2.33. The molecule has 1 aromatic carbocycles. The maximum Gasteiger partial charge on any atom is 0.280 e. The highest BCUT2D eigenvalue weighted by molar-refractivity contribution is 7.17. The summed E-state index contributed by atoms with van der Waals surface area (Å²) < 4.78 is 13.8. The van der Waals surface area contributed by atoms with Crippen LogP contribution in [0.3, 0.4) is 0 Å². The molecule has 0 radical (unpaired) electrons. The van der Waals surface area contributed by atoms with Gasteiger partial charge in [0.2, 0.25) is 0 Å². The van der Waals surface area contributed by atoms with Gasteiger partial charge in [0.05, 0.1) is 4.88 Å². The molecule has 3 heterocycles. The number of carbonyl (C=O) groups is 1. The predicted molar refractivity (Wildman–Crippen MR) is 87.9 cm³/mol. The predicted octanol–water partition coefficient (Wildman–Crippen LogP) is 2.77. The number of rotatable bonds is 3. The second-order valence-corrected chi connectivity index (χ2v) is 7.36. The van der Waals surface area contributed by atoms with Gasteiger partial charge in [0.1, 0.15) is 5.82 Å². The molecule has 1 N–H and O–H groups in total. The van der Waals surface area contributed by atoms with Crippen molar-refractivity contribution in [2.45, 2.75) is 18.9 Å². The number of nitrogens with zero attached hydrogens (tertiary/aromatic N) is 2. The minimum Gasteiger partial charge on any atom is -0.346 e. The Labute approximate surface area is 138 Å². The van der Waals surface area contributed by atoms with E-state index in [-0.39, 0.29) is 17.8 Å². The summed E-state index contributed by atoms with van der Waals surface area (Å²) in [4.78, 5) is 19.7. The van der Waals surface area contributed by atoms with E-state index in [1.54, 1.807) is 24.4 Å². The summed E-state index contributed by atoms with van der Waals surface area (Å²) in [5.41, 5.74) is 0.492. The van der Waals surface area contributed by atoms with E-state index in [0.717, 1.165) is 19.5 Å². The number of aromatic nitrogens is 1. The summed E-state index contributed by atoms with van der Waals surface area (Å²) in [6.07, 6.45) is 3.86. The summed E-state index contributed by atoms with van der Waals surface area (Å²) in [5.74, 6) is 0.268. The van der Waals surface area contributed by atoms with Crippen LogP contribution in [-0.4, -0.2) is 41.5 Å². The number of thiazole rings is 1. The Morgan fingerprint density at radius 3 is 3.04 bits per heavy atom. The highest BCUT2D eigenvalue weighted by atomic mass is 32.1. The average Bonchev–Trinajstić information content (AvgIpc) is 3.15. The van der Waals surface area contributed by atoms with Crippen molar-refractivity contribution in [3.63, 3.8) is 0 Å². The van der Waals surface area contributed by atoms with E-state index in [4.69, 9.17) is 0 Å². The van der Waals surface area contributed by atoms with E-state index in [2.05, 4.69) is 15.2 Å². The van der Waals surface area contributed by atoms with Gasteiger partial charge in [0.15, 0.2) is 5.01 Å². The monoisotopic (exact) mass is 331 g/mol. The molecule has 23 heavy (non-hydrogen) atoms. The second kappa shape index (κ2) is 6.02. The quantitative estimate of drug-likeness (QED) is 0.941. The Morgan fingerprint density at radius 1 is 1.35 bits per heavy atom. The van der Waals surface area contributed by atoms with Gasteiger partial charge >= 0.3 is 0 Å². The molecule has 1 aromatic heterocycles. The summed E-state index contributed by atoms with van der Waals surface area (Å²) in [6.45, 7) is 3.24. The lowest BCUT2D eigenvalue weighted by Crippen LogP contribution is -2.46. The van der Waals surface area contributed by atoms with Gasteiger partial charge in [0, 0.05) is 30.9 Å². The summed E-state index contributed by atoms with van der Waals surface area (Å²) in [7, 11) is 0. The first-order valence-electron chi connectivity index (χ1n) is 7.93. The van der Waals surface area contributed by atoms with E-state index < -0.39 is 0 Å². The van der Waals surface area contributed by atoms with Gasteiger partial charge in [-0.3, -0.25) is 4.79 Å². The standard InChI is InChI=1S/C17H18FN3OS/c18-14-4-2-1-3-13(14)15-8-19-17(23-15)16(22)20-12-7-11-5-6-21(9-11)10-12/h1-4,8,11-12H,5-7,9-10H2,(H,20,22). The van der Waals surface area contributed by atoms with Crippen molar-refractivity contribution in [2.24, 2.45) is 5.92 Å². The van der Waals surface area contributed by atoms with Crippen molar-refractivity contribution in [1.29, 1.82) is 0 Å². The van der Waals surface area contributed by atoms with Crippen molar-refractivity contribution in [2.75, 3.05) is 19.6 Å². The lowest BCUT2D eigenvalue weighted by atomic mass is 9.97. The molecule has 2 saturated heterocycles. The Morgan fingerprint density at radius 2 is 2.22 bits per heavy atom. The molecule has 2 bridgehead atoms. The average molecular weight is 331 g/mol. The zero-order chi connectivity index (χ0) is 15.8. The summed E-state index contributed by atoms with van der Waals surface area (Å²) in [5, 5.41) is 3.49. The highest BCUT2D eigenvalue weighted by Crippen LogP contribution is 2.29. The molecule has 3 unspecified atom stereocenters. The third kappa shape index (κ3) is 3.01. The van der Waals surface area contributed by atoms with Gasteiger partial charge in [-0.15, -0.1) is 11.3 Å². The summed E-state index contributed by atoms with van der Waals surface area (Å²) >= 11 is 1.24. The van der Waals surface area contributed by atoms with Crippen molar-refractivity contribution < 1.29 is 9.18 Å². The van der Waals surface area contributed by atoms with Crippen LogP contribution >= 0.6 is 11.3 Å². The topological polar surface area (TPSA) is 45.2 Å². The molecule has 2 aliphatic rings. The maximum absolute atomic E-state index is 13.8. The first kappa shape index (κ1) is 14.8. The van der Waals surface area contributed by atoms with Gasteiger partial charge in [-0.05, 0) is 31.4 Å². The molecule has 0 saturated carbocycles. The van der Waals surface area contributed by atoms with E-state index in [0.29, 0.717) is 21.4 Å². The number of carbonyl (C=O) groups excluding carboxylic acids is 1. The van der Waals surface area contributed by atoms with Crippen LogP contribution in [-0.2, 0) is 0 Å². The van der Waals surface area contributed by atoms with Crippen LogP contribution in [0.5, 0.6) is 0 Å². The van der Waals surface area contributed by atoms with E-state index in [9.17, 15) is 9.18 Å². The largest absolute Gasteiger partial charge is 0.346 e. The number of amides is 1. The maximum atomic E-state index is 13.8. The van der Waals surface area contributed by atoms with Crippen molar-refractivity contribution in [3.05, 3.63) is 41.3 Å². The van der Waals surface area contributed by atoms with Crippen LogP contribution in [0, 0.1) is 11.7 Å². The van der Waals surface area contributed by atoms with Crippen LogP contribution in [0.2, 0.25) is 0 Å². The molecular weight excluding hydrogens is 313 g/mol. The molecule has 1 amide bonds.